The van der Waals surface area contributed by atoms with Gasteiger partial charge in [0.15, 0.2) is 13.2 Å². The second-order valence-electron chi connectivity index (χ2n) is 5.85. The van der Waals surface area contributed by atoms with E-state index in [-0.39, 0.29) is 13.2 Å². The predicted octanol–water partition coefficient (Wildman–Crippen LogP) is 2.87. The van der Waals surface area contributed by atoms with Crippen LogP contribution in [0.25, 0.3) is 0 Å². The molecule has 138 valence electrons. The number of halogens is 1. The zero-order valence-corrected chi connectivity index (χ0v) is 15.6. The molecule has 2 N–H and O–H groups in total. The second kappa shape index (κ2) is 9.10. The highest BCUT2D eigenvalue weighted by Crippen LogP contribution is 2.21. The van der Waals surface area contributed by atoms with Gasteiger partial charge >= 0.3 is 0 Å². The molecule has 7 heteroatoms. The Bertz CT molecular complexity index is 741. The molecule has 2 amide bonds. The molecule has 0 unspecified atom stereocenters. The molecular formula is C19H21ClN2O4. The van der Waals surface area contributed by atoms with E-state index in [1.54, 1.807) is 24.3 Å². The zero-order valence-electron chi connectivity index (χ0n) is 14.9. The van der Waals surface area contributed by atoms with Crippen molar-refractivity contribution in [1.82, 2.24) is 10.9 Å². The maximum absolute atomic E-state index is 11.8. The minimum atomic E-state index is -0.487. The van der Waals surface area contributed by atoms with E-state index in [0.29, 0.717) is 16.5 Å². The number of rotatable bonds is 6. The van der Waals surface area contributed by atoms with E-state index in [1.165, 1.54) is 0 Å². The lowest BCUT2D eigenvalue weighted by Gasteiger charge is -2.12. The summed E-state index contributed by atoms with van der Waals surface area (Å²) in [6, 6.07) is 10.8. The fourth-order valence-electron chi connectivity index (χ4n) is 2.23. The van der Waals surface area contributed by atoms with Crippen LogP contribution in [0.2, 0.25) is 5.02 Å². The first-order valence-electron chi connectivity index (χ1n) is 8.02. The van der Waals surface area contributed by atoms with Crippen LogP contribution in [0.3, 0.4) is 0 Å². The van der Waals surface area contributed by atoms with Gasteiger partial charge in [-0.05, 0) is 56.2 Å². The van der Waals surface area contributed by atoms with Gasteiger partial charge in [-0.2, -0.15) is 0 Å². The molecule has 0 aliphatic carbocycles. The van der Waals surface area contributed by atoms with Crippen molar-refractivity contribution < 1.29 is 19.1 Å². The van der Waals surface area contributed by atoms with Crippen LogP contribution >= 0.6 is 11.6 Å². The Hall–Kier alpha value is -2.73. The number of nitrogens with one attached hydrogen (secondary N) is 2. The number of carbonyl (C=O) groups is 2. The third-order valence-corrected chi connectivity index (χ3v) is 3.76. The summed E-state index contributed by atoms with van der Waals surface area (Å²) in [7, 11) is 0. The predicted molar refractivity (Wildman–Crippen MR) is 99.4 cm³/mol. The van der Waals surface area contributed by atoms with Crippen LogP contribution in [0.4, 0.5) is 0 Å². The Kier molecular flexibility index (Phi) is 6.86. The molecule has 0 spiro atoms. The third-order valence-electron chi connectivity index (χ3n) is 3.53. The Morgan fingerprint density at radius 1 is 0.846 bits per heavy atom. The van der Waals surface area contributed by atoms with Crippen LogP contribution in [0, 0.1) is 20.8 Å². The standard InChI is InChI=1S/C19H21ClN2O4/c1-12-4-6-16(13(2)8-12)25-10-18(23)21-22-19(24)11-26-17-7-5-15(20)9-14(17)3/h4-9H,10-11H2,1-3H3,(H,21,23)(H,22,24). The van der Waals surface area contributed by atoms with E-state index in [0.717, 1.165) is 16.7 Å². The van der Waals surface area contributed by atoms with E-state index in [4.69, 9.17) is 21.1 Å². The Morgan fingerprint density at radius 3 is 1.85 bits per heavy atom. The summed E-state index contributed by atoms with van der Waals surface area (Å²) in [5, 5.41) is 0.593. The number of amides is 2. The molecule has 0 aliphatic heterocycles. The molecule has 0 aromatic heterocycles. The number of hydrazine groups is 1. The van der Waals surface area contributed by atoms with Crippen LogP contribution in [-0.2, 0) is 9.59 Å². The molecular weight excluding hydrogens is 356 g/mol. The molecule has 0 heterocycles. The van der Waals surface area contributed by atoms with Gasteiger partial charge in [-0.25, -0.2) is 0 Å². The Labute approximate surface area is 157 Å². The Balaban J connectivity index is 1.72. The highest BCUT2D eigenvalue weighted by Gasteiger charge is 2.08. The van der Waals surface area contributed by atoms with E-state index < -0.39 is 11.8 Å². The van der Waals surface area contributed by atoms with Gasteiger partial charge in [0, 0.05) is 5.02 Å². The summed E-state index contributed by atoms with van der Waals surface area (Å²) >= 11 is 5.86. The van der Waals surface area contributed by atoms with Crippen molar-refractivity contribution in [3.05, 3.63) is 58.1 Å². The topological polar surface area (TPSA) is 76.7 Å². The van der Waals surface area contributed by atoms with Crippen molar-refractivity contribution in [1.29, 1.82) is 0 Å². The molecule has 0 saturated carbocycles. The van der Waals surface area contributed by atoms with E-state index in [1.807, 2.05) is 32.9 Å². The van der Waals surface area contributed by atoms with Crippen LogP contribution in [0.15, 0.2) is 36.4 Å². The van der Waals surface area contributed by atoms with Crippen LogP contribution in [0.1, 0.15) is 16.7 Å². The average Bonchev–Trinajstić information content (AvgIpc) is 2.58. The molecule has 26 heavy (non-hydrogen) atoms. The maximum atomic E-state index is 11.8. The number of aryl methyl sites for hydroxylation is 3. The van der Waals surface area contributed by atoms with Gasteiger partial charge < -0.3 is 9.47 Å². The lowest BCUT2D eigenvalue weighted by Crippen LogP contribution is -2.45. The number of ether oxygens (including phenoxy) is 2. The van der Waals surface area contributed by atoms with Gasteiger partial charge in [-0.1, -0.05) is 29.3 Å². The van der Waals surface area contributed by atoms with Gasteiger partial charge in [0.25, 0.3) is 11.8 Å². The molecule has 2 aromatic rings. The highest BCUT2D eigenvalue weighted by molar-refractivity contribution is 6.30. The van der Waals surface area contributed by atoms with Gasteiger partial charge in [0.2, 0.25) is 0 Å². The second-order valence-corrected chi connectivity index (χ2v) is 6.29. The molecule has 0 atom stereocenters. The number of hydrogen-bond acceptors (Lipinski definition) is 4. The number of hydrogen-bond donors (Lipinski definition) is 2. The minimum Gasteiger partial charge on any atom is -0.483 e. The zero-order chi connectivity index (χ0) is 19.1. The smallest absolute Gasteiger partial charge is 0.276 e. The molecule has 0 fully saturated rings. The minimum absolute atomic E-state index is 0.207. The van der Waals surface area contributed by atoms with Gasteiger partial charge in [-0.3, -0.25) is 20.4 Å². The number of benzene rings is 2. The summed E-state index contributed by atoms with van der Waals surface area (Å²) in [5.41, 5.74) is 7.42. The fourth-order valence-corrected chi connectivity index (χ4v) is 2.46. The molecule has 6 nitrogen and oxygen atoms in total. The number of carbonyl (C=O) groups excluding carboxylic acids is 2. The van der Waals surface area contributed by atoms with Crippen LogP contribution in [-0.4, -0.2) is 25.0 Å². The van der Waals surface area contributed by atoms with Crippen molar-refractivity contribution in [2.75, 3.05) is 13.2 Å². The Morgan fingerprint density at radius 2 is 1.35 bits per heavy atom. The first kappa shape index (κ1) is 19.6. The normalized spacial score (nSPS) is 10.2. The van der Waals surface area contributed by atoms with E-state index in [9.17, 15) is 9.59 Å². The van der Waals surface area contributed by atoms with Crippen molar-refractivity contribution in [2.24, 2.45) is 0 Å². The summed E-state index contributed by atoms with van der Waals surface area (Å²) in [4.78, 5) is 23.5. The van der Waals surface area contributed by atoms with E-state index in [2.05, 4.69) is 10.9 Å². The summed E-state index contributed by atoms with van der Waals surface area (Å²) in [6.45, 7) is 5.26. The lowest BCUT2D eigenvalue weighted by atomic mass is 10.1. The summed E-state index contributed by atoms with van der Waals surface area (Å²) in [5.74, 6) is 0.216. The first-order valence-corrected chi connectivity index (χ1v) is 8.39. The average molecular weight is 377 g/mol. The molecule has 0 bridgehead atoms. The maximum Gasteiger partial charge on any atom is 0.276 e. The lowest BCUT2D eigenvalue weighted by molar-refractivity contribution is -0.131. The quantitative estimate of drug-likeness (QED) is 0.760. The van der Waals surface area contributed by atoms with Crippen molar-refractivity contribution >= 4 is 23.4 Å². The van der Waals surface area contributed by atoms with Gasteiger partial charge in [0.05, 0.1) is 0 Å². The van der Waals surface area contributed by atoms with Crippen molar-refractivity contribution in [3.8, 4) is 11.5 Å². The molecule has 0 saturated heterocycles. The van der Waals surface area contributed by atoms with Crippen molar-refractivity contribution in [2.45, 2.75) is 20.8 Å². The molecule has 0 radical (unpaired) electrons. The van der Waals surface area contributed by atoms with E-state index >= 15 is 0 Å². The largest absolute Gasteiger partial charge is 0.483 e. The van der Waals surface area contributed by atoms with Crippen LogP contribution in [0.5, 0.6) is 11.5 Å². The molecule has 2 rings (SSSR count). The van der Waals surface area contributed by atoms with Crippen LogP contribution < -0.4 is 20.3 Å². The molecule has 0 aliphatic rings. The highest BCUT2D eigenvalue weighted by atomic mass is 35.5. The van der Waals surface area contributed by atoms with Gasteiger partial charge in [0.1, 0.15) is 11.5 Å². The first-order chi connectivity index (χ1) is 12.3. The summed E-state index contributed by atoms with van der Waals surface area (Å²) < 4.78 is 10.8. The van der Waals surface area contributed by atoms with Gasteiger partial charge in [-0.15, -0.1) is 0 Å². The fraction of sp³-hybridized carbons (Fsp3) is 0.263. The SMILES string of the molecule is Cc1ccc(OCC(=O)NNC(=O)COc2ccc(Cl)cc2C)c(C)c1. The van der Waals surface area contributed by atoms with Crippen molar-refractivity contribution in [3.63, 3.8) is 0 Å². The molecule has 2 aromatic carbocycles. The third kappa shape index (κ3) is 5.97. The monoisotopic (exact) mass is 376 g/mol. The summed E-state index contributed by atoms with van der Waals surface area (Å²) in [6.07, 6.45) is 0.